The number of hydrogen-bond donors (Lipinski definition) is 1. The zero-order valence-electron chi connectivity index (χ0n) is 12.5. The molecule has 1 saturated heterocycles. The van der Waals surface area contributed by atoms with Gasteiger partial charge in [-0.05, 0) is 53.1 Å². The van der Waals surface area contributed by atoms with E-state index in [1.54, 1.807) is 13.8 Å². The summed E-state index contributed by atoms with van der Waals surface area (Å²) in [5.41, 5.74) is 5.10. The fourth-order valence-corrected chi connectivity index (χ4v) is 2.34. The van der Waals surface area contributed by atoms with E-state index < -0.39 is 5.54 Å². The lowest BCUT2D eigenvalue weighted by Gasteiger charge is -2.24. The Morgan fingerprint density at radius 2 is 2.32 bits per heavy atom. The topological polar surface area (TPSA) is 64.8 Å². The average molecular weight is 272 g/mol. The molecule has 0 saturated carbocycles. The van der Waals surface area contributed by atoms with Gasteiger partial charge in [-0.3, -0.25) is 4.79 Å². The van der Waals surface area contributed by atoms with Gasteiger partial charge in [0.25, 0.3) is 0 Å². The molecule has 2 unspecified atom stereocenters. The van der Waals surface area contributed by atoms with E-state index in [4.69, 9.17) is 15.2 Å². The summed E-state index contributed by atoms with van der Waals surface area (Å²) in [6.45, 7) is 6.69. The Kier molecular flexibility index (Phi) is 6.75. The van der Waals surface area contributed by atoms with Crippen LogP contribution in [0.5, 0.6) is 0 Å². The smallest absolute Gasteiger partial charge is 0.325 e. The monoisotopic (exact) mass is 272 g/mol. The first-order valence-corrected chi connectivity index (χ1v) is 7.22. The SMILES string of the molecule is CCOC(=O)C(C)(N)CCCN(C)CC1CCCO1. The molecule has 0 bridgehead atoms. The molecule has 0 aromatic rings. The highest BCUT2D eigenvalue weighted by Crippen LogP contribution is 2.14. The predicted molar refractivity (Wildman–Crippen MR) is 74.9 cm³/mol. The standard InChI is InChI=1S/C14H28N2O3/c1-4-18-13(17)14(2,15)8-6-9-16(3)11-12-7-5-10-19-12/h12H,4-11,15H2,1-3H3. The van der Waals surface area contributed by atoms with Gasteiger partial charge in [0.15, 0.2) is 0 Å². The Morgan fingerprint density at radius 3 is 2.89 bits per heavy atom. The molecule has 19 heavy (non-hydrogen) atoms. The van der Waals surface area contributed by atoms with Crippen molar-refractivity contribution in [2.45, 2.75) is 51.2 Å². The van der Waals surface area contributed by atoms with Crippen molar-refractivity contribution in [1.82, 2.24) is 4.90 Å². The Morgan fingerprint density at radius 1 is 1.58 bits per heavy atom. The number of nitrogens with zero attached hydrogens (tertiary/aromatic N) is 1. The summed E-state index contributed by atoms with van der Waals surface area (Å²) in [6, 6.07) is 0. The van der Waals surface area contributed by atoms with Crippen LogP contribution in [0.15, 0.2) is 0 Å². The number of ether oxygens (including phenoxy) is 2. The van der Waals surface area contributed by atoms with Crippen molar-refractivity contribution in [3.05, 3.63) is 0 Å². The zero-order valence-corrected chi connectivity index (χ0v) is 12.5. The van der Waals surface area contributed by atoms with Gasteiger partial charge < -0.3 is 20.1 Å². The first-order valence-electron chi connectivity index (χ1n) is 7.22. The molecule has 1 aliphatic rings. The van der Waals surface area contributed by atoms with Gasteiger partial charge in [0.1, 0.15) is 5.54 Å². The molecule has 2 atom stereocenters. The fourth-order valence-electron chi connectivity index (χ4n) is 2.34. The average Bonchev–Trinajstić information content (AvgIpc) is 2.81. The van der Waals surface area contributed by atoms with Crippen LogP contribution in [0.25, 0.3) is 0 Å². The molecule has 1 rings (SSSR count). The highest BCUT2D eigenvalue weighted by molar-refractivity contribution is 5.79. The number of carbonyl (C=O) groups is 1. The first kappa shape index (κ1) is 16.4. The van der Waals surface area contributed by atoms with Crippen LogP contribution in [-0.2, 0) is 14.3 Å². The molecule has 0 radical (unpaired) electrons. The number of carbonyl (C=O) groups excluding carboxylic acids is 1. The fraction of sp³-hybridized carbons (Fsp3) is 0.929. The number of esters is 1. The third-order valence-electron chi connectivity index (χ3n) is 3.52. The zero-order chi connectivity index (χ0) is 14.3. The van der Waals surface area contributed by atoms with Gasteiger partial charge in [-0.1, -0.05) is 0 Å². The maximum absolute atomic E-state index is 11.6. The van der Waals surface area contributed by atoms with Crippen LogP contribution in [0, 0.1) is 0 Å². The summed E-state index contributed by atoms with van der Waals surface area (Å²) < 4.78 is 10.6. The lowest BCUT2D eigenvalue weighted by Crippen LogP contribution is -2.46. The molecule has 112 valence electrons. The van der Waals surface area contributed by atoms with E-state index >= 15 is 0 Å². The van der Waals surface area contributed by atoms with E-state index in [0.717, 1.165) is 32.5 Å². The molecule has 1 aliphatic heterocycles. The molecule has 5 nitrogen and oxygen atoms in total. The second kappa shape index (κ2) is 7.82. The highest BCUT2D eigenvalue weighted by atomic mass is 16.5. The third-order valence-corrected chi connectivity index (χ3v) is 3.52. The molecule has 5 heteroatoms. The van der Waals surface area contributed by atoms with Crippen molar-refractivity contribution < 1.29 is 14.3 Å². The molecular formula is C14H28N2O3. The van der Waals surface area contributed by atoms with Crippen molar-refractivity contribution in [3.63, 3.8) is 0 Å². The van der Waals surface area contributed by atoms with Crippen molar-refractivity contribution >= 4 is 5.97 Å². The molecule has 0 amide bonds. The molecule has 1 heterocycles. The molecule has 0 aliphatic carbocycles. The van der Waals surface area contributed by atoms with Crippen LogP contribution in [0.2, 0.25) is 0 Å². The summed E-state index contributed by atoms with van der Waals surface area (Å²) in [5.74, 6) is -0.309. The van der Waals surface area contributed by atoms with Gasteiger partial charge in [0.05, 0.1) is 12.7 Å². The van der Waals surface area contributed by atoms with Crippen molar-refractivity contribution in [1.29, 1.82) is 0 Å². The Hall–Kier alpha value is -0.650. The first-order chi connectivity index (χ1) is 8.95. The maximum atomic E-state index is 11.6. The number of nitrogens with two attached hydrogens (primary N) is 1. The predicted octanol–water partition coefficient (Wildman–Crippen LogP) is 1.16. The van der Waals surface area contributed by atoms with E-state index in [1.165, 1.54) is 6.42 Å². The largest absolute Gasteiger partial charge is 0.465 e. The minimum atomic E-state index is -0.874. The minimum absolute atomic E-state index is 0.309. The molecular weight excluding hydrogens is 244 g/mol. The number of likely N-dealkylation sites (N-methyl/N-ethyl adjacent to an activating group) is 1. The second-order valence-corrected chi connectivity index (χ2v) is 5.64. The quantitative estimate of drug-likeness (QED) is 0.672. The van der Waals surface area contributed by atoms with Gasteiger partial charge in [0.2, 0.25) is 0 Å². The summed E-state index contributed by atoms with van der Waals surface area (Å²) >= 11 is 0. The number of hydrogen-bond acceptors (Lipinski definition) is 5. The molecule has 0 spiro atoms. The summed E-state index contributed by atoms with van der Waals surface area (Å²) in [6.07, 6.45) is 4.22. The van der Waals surface area contributed by atoms with Gasteiger partial charge in [0, 0.05) is 13.2 Å². The highest BCUT2D eigenvalue weighted by Gasteiger charge is 2.29. The van der Waals surface area contributed by atoms with Crippen LogP contribution < -0.4 is 5.73 Å². The van der Waals surface area contributed by atoms with Crippen molar-refractivity contribution in [3.8, 4) is 0 Å². The summed E-state index contributed by atoms with van der Waals surface area (Å²) in [5, 5.41) is 0. The van der Waals surface area contributed by atoms with E-state index in [2.05, 4.69) is 11.9 Å². The lowest BCUT2D eigenvalue weighted by atomic mass is 9.97. The number of rotatable bonds is 8. The minimum Gasteiger partial charge on any atom is -0.465 e. The molecule has 0 aromatic heterocycles. The second-order valence-electron chi connectivity index (χ2n) is 5.64. The van der Waals surface area contributed by atoms with Crippen LogP contribution >= 0.6 is 0 Å². The molecule has 2 N–H and O–H groups in total. The normalized spacial score (nSPS) is 22.5. The van der Waals surface area contributed by atoms with Gasteiger partial charge >= 0.3 is 5.97 Å². The Balaban J connectivity index is 2.19. The lowest BCUT2D eigenvalue weighted by molar-refractivity contribution is -0.149. The van der Waals surface area contributed by atoms with Gasteiger partial charge in [-0.25, -0.2) is 0 Å². The van der Waals surface area contributed by atoms with Crippen LogP contribution in [-0.4, -0.2) is 55.9 Å². The van der Waals surface area contributed by atoms with Crippen LogP contribution in [0.4, 0.5) is 0 Å². The van der Waals surface area contributed by atoms with Gasteiger partial charge in [-0.15, -0.1) is 0 Å². The van der Waals surface area contributed by atoms with Crippen molar-refractivity contribution in [2.75, 3.05) is 33.4 Å². The molecule has 1 fully saturated rings. The van der Waals surface area contributed by atoms with Crippen molar-refractivity contribution in [2.24, 2.45) is 5.73 Å². The summed E-state index contributed by atoms with van der Waals surface area (Å²) in [7, 11) is 2.08. The maximum Gasteiger partial charge on any atom is 0.325 e. The van der Waals surface area contributed by atoms with E-state index in [0.29, 0.717) is 19.1 Å². The van der Waals surface area contributed by atoms with Gasteiger partial charge in [-0.2, -0.15) is 0 Å². The Bertz CT molecular complexity index is 276. The molecule has 0 aromatic carbocycles. The van der Waals surface area contributed by atoms with Crippen LogP contribution in [0.1, 0.15) is 39.5 Å². The van der Waals surface area contributed by atoms with E-state index in [9.17, 15) is 4.79 Å². The summed E-state index contributed by atoms with van der Waals surface area (Å²) in [4.78, 5) is 13.9. The van der Waals surface area contributed by atoms with E-state index in [-0.39, 0.29) is 5.97 Å². The Labute approximate surface area is 116 Å². The third kappa shape index (κ3) is 5.89. The van der Waals surface area contributed by atoms with Crippen LogP contribution in [0.3, 0.4) is 0 Å². The van der Waals surface area contributed by atoms with E-state index in [1.807, 2.05) is 0 Å².